The number of unbranched alkanes of at least 4 members (excludes halogenated alkanes) is 1. The molecule has 0 saturated heterocycles. The van der Waals surface area contributed by atoms with Gasteiger partial charge >= 0.3 is 5.97 Å². The van der Waals surface area contributed by atoms with E-state index in [4.69, 9.17) is 10.5 Å². The molecular formula is C16H23NO2. The van der Waals surface area contributed by atoms with Crippen LogP contribution < -0.4 is 5.73 Å². The van der Waals surface area contributed by atoms with Gasteiger partial charge in [0, 0.05) is 6.42 Å². The van der Waals surface area contributed by atoms with Crippen molar-refractivity contribution in [3.05, 3.63) is 48.6 Å². The van der Waals surface area contributed by atoms with Gasteiger partial charge in [-0.3, -0.25) is 4.79 Å². The topological polar surface area (TPSA) is 52.3 Å². The Morgan fingerprint density at radius 3 is 2.68 bits per heavy atom. The van der Waals surface area contributed by atoms with Crippen molar-refractivity contribution < 1.29 is 9.53 Å². The molecule has 1 aromatic carbocycles. The van der Waals surface area contributed by atoms with Crippen molar-refractivity contribution in [3.63, 3.8) is 0 Å². The van der Waals surface area contributed by atoms with Gasteiger partial charge in [-0.05, 0) is 18.4 Å². The summed E-state index contributed by atoms with van der Waals surface area (Å²) >= 11 is 0. The quantitative estimate of drug-likeness (QED) is 0.445. The number of carbonyl (C=O) groups is 1. The molecule has 2 N–H and O–H groups in total. The van der Waals surface area contributed by atoms with E-state index < -0.39 is 5.54 Å². The van der Waals surface area contributed by atoms with E-state index in [2.05, 4.69) is 13.5 Å². The van der Waals surface area contributed by atoms with Gasteiger partial charge < -0.3 is 10.5 Å². The standard InChI is InChI=1S/C16H23NO2/c1-3-5-12-19-15(18)16(17,11-4-2)13-14-9-7-6-8-10-14/h4,6-10H,2-3,5,11-13,17H2,1H3/t16-/m0/s1. The van der Waals surface area contributed by atoms with Crippen molar-refractivity contribution in [2.75, 3.05) is 6.61 Å². The predicted molar refractivity (Wildman–Crippen MR) is 77.7 cm³/mol. The Labute approximate surface area is 115 Å². The van der Waals surface area contributed by atoms with E-state index in [0.29, 0.717) is 19.4 Å². The number of ether oxygens (including phenoxy) is 1. The van der Waals surface area contributed by atoms with Gasteiger partial charge in [0.2, 0.25) is 0 Å². The summed E-state index contributed by atoms with van der Waals surface area (Å²) in [4.78, 5) is 12.1. The summed E-state index contributed by atoms with van der Waals surface area (Å²) < 4.78 is 5.26. The van der Waals surface area contributed by atoms with Gasteiger partial charge in [-0.1, -0.05) is 49.8 Å². The number of benzene rings is 1. The highest BCUT2D eigenvalue weighted by Gasteiger charge is 2.34. The molecule has 0 amide bonds. The summed E-state index contributed by atoms with van der Waals surface area (Å²) in [5, 5.41) is 0. The zero-order valence-corrected chi connectivity index (χ0v) is 11.6. The summed E-state index contributed by atoms with van der Waals surface area (Å²) in [5.74, 6) is -0.343. The van der Waals surface area contributed by atoms with Crippen molar-refractivity contribution in [2.24, 2.45) is 5.73 Å². The molecule has 1 atom stereocenters. The molecule has 104 valence electrons. The Kier molecular flexibility index (Phi) is 6.30. The molecule has 0 fully saturated rings. The van der Waals surface area contributed by atoms with Crippen LogP contribution in [-0.2, 0) is 16.0 Å². The molecule has 0 aliphatic carbocycles. The molecule has 19 heavy (non-hydrogen) atoms. The van der Waals surface area contributed by atoms with Crippen LogP contribution in [0.15, 0.2) is 43.0 Å². The third-order valence-corrected chi connectivity index (χ3v) is 3.01. The molecule has 1 rings (SSSR count). The average Bonchev–Trinajstić information content (AvgIpc) is 2.40. The third-order valence-electron chi connectivity index (χ3n) is 3.01. The molecule has 0 aliphatic heterocycles. The lowest BCUT2D eigenvalue weighted by molar-refractivity contribution is -0.150. The van der Waals surface area contributed by atoms with Gasteiger partial charge in [-0.25, -0.2) is 0 Å². The number of carbonyl (C=O) groups excluding carboxylic acids is 1. The predicted octanol–water partition coefficient (Wildman–Crippen LogP) is 2.85. The second kappa shape index (κ2) is 7.74. The first-order chi connectivity index (χ1) is 9.12. The highest BCUT2D eigenvalue weighted by atomic mass is 16.5. The van der Waals surface area contributed by atoms with E-state index in [9.17, 15) is 4.79 Å². The van der Waals surface area contributed by atoms with Crippen molar-refractivity contribution in [1.29, 1.82) is 0 Å². The molecule has 1 aromatic rings. The summed E-state index contributed by atoms with van der Waals surface area (Å²) in [6, 6.07) is 9.74. The van der Waals surface area contributed by atoms with Gasteiger partial charge in [0.15, 0.2) is 0 Å². The maximum Gasteiger partial charge on any atom is 0.326 e. The summed E-state index contributed by atoms with van der Waals surface area (Å²) in [5.41, 5.74) is 6.23. The molecule has 0 aromatic heterocycles. The fraction of sp³-hybridized carbons (Fsp3) is 0.438. The fourth-order valence-electron chi connectivity index (χ4n) is 1.90. The Morgan fingerprint density at radius 2 is 2.11 bits per heavy atom. The zero-order chi connectivity index (χ0) is 14.1. The fourth-order valence-corrected chi connectivity index (χ4v) is 1.90. The van der Waals surface area contributed by atoms with Crippen LogP contribution in [-0.4, -0.2) is 18.1 Å². The molecule has 0 radical (unpaired) electrons. The molecule has 3 nitrogen and oxygen atoms in total. The minimum absolute atomic E-state index is 0.343. The van der Waals surface area contributed by atoms with Gasteiger partial charge in [0.25, 0.3) is 0 Å². The van der Waals surface area contributed by atoms with Crippen LogP contribution in [0.25, 0.3) is 0 Å². The molecule has 3 heteroatoms. The molecule has 0 bridgehead atoms. The van der Waals surface area contributed by atoms with E-state index in [1.165, 1.54) is 0 Å². The Bertz CT molecular complexity index is 402. The second-order valence-electron chi connectivity index (χ2n) is 4.80. The van der Waals surface area contributed by atoms with Crippen LogP contribution >= 0.6 is 0 Å². The third kappa shape index (κ3) is 4.87. The highest BCUT2D eigenvalue weighted by Crippen LogP contribution is 2.17. The normalized spacial score (nSPS) is 13.6. The van der Waals surface area contributed by atoms with Crippen molar-refractivity contribution in [1.82, 2.24) is 0 Å². The average molecular weight is 261 g/mol. The van der Waals surface area contributed by atoms with Crippen LogP contribution in [0.5, 0.6) is 0 Å². The Morgan fingerprint density at radius 1 is 1.42 bits per heavy atom. The van der Waals surface area contributed by atoms with Gasteiger partial charge in [0.05, 0.1) is 6.61 Å². The van der Waals surface area contributed by atoms with Crippen LogP contribution in [0.3, 0.4) is 0 Å². The van der Waals surface area contributed by atoms with Crippen LogP contribution in [0.2, 0.25) is 0 Å². The minimum atomic E-state index is -1.02. The summed E-state index contributed by atoms with van der Waals surface area (Å²) in [7, 11) is 0. The second-order valence-corrected chi connectivity index (χ2v) is 4.80. The number of nitrogens with two attached hydrogens (primary N) is 1. The summed E-state index contributed by atoms with van der Waals surface area (Å²) in [6.07, 6.45) is 4.40. The maximum absolute atomic E-state index is 12.1. The summed E-state index contributed by atoms with van der Waals surface area (Å²) in [6.45, 7) is 6.16. The van der Waals surface area contributed by atoms with E-state index in [1.54, 1.807) is 6.08 Å². The molecule has 0 spiro atoms. The van der Waals surface area contributed by atoms with Gasteiger partial charge in [0.1, 0.15) is 5.54 Å². The zero-order valence-electron chi connectivity index (χ0n) is 11.6. The maximum atomic E-state index is 12.1. The highest BCUT2D eigenvalue weighted by molar-refractivity contribution is 5.81. The molecular weight excluding hydrogens is 238 g/mol. The Hall–Kier alpha value is -1.61. The van der Waals surface area contributed by atoms with Crippen LogP contribution in [0.1, 0.15) is 31.7 Å². The van der Waals surface area contributed by atoms with E-state index in [-0.39, 0.29) is 5.97 Å². The lowest BCUT2D eigenvalue weighted by Gasteiger charge is -2.26. The van der Waals surface area contributed by atoms with Gasteiger partial charge in [-0.2, -0.15) is 0 Å². The number of esters is 1. The SMILES string of the molecule is C=CC[C@](N)(Cc1ccccc1)C(=O)OCCCC. The van der Waals surface area contributed by atoms with Crippen molar-refractivity contribution in [3.8, 4) is 0 Å². The largest absolute Gasteiger partial charge is 0.464 e. The molecule has 0 unspecified atom stereocenters. The Balaban J connectivity index is 2.72. The van der Waals surface area contributed by atoms with Gasteiger partial charge in [-0.15, -0.1) is 6.58 Å². The van der Waals surface area contributed by atoms with E-state index in [1.807, 2.05) is 30.3 Å². The first-order valence-corrected chi connectivity index (χ1v) is 6.73. The monoisotopic (exact) mass is 261 g/mol. The minimum Gasteiger partial charge on any atom is -0.464 e. The molecule has 0 aliphatic rings. The smallest absolute Gasteiger partial charge is 0.326 e. The first kappa shape index (κ1) is 15.4. The molecule has 0 heterocycles. The van der Waals surface area contributed by atoms with Crippen LogP contribution in [0.4, 0.5) is 0 Å². The molecule has 0 saturated carbocycles. The van der Waals surface area contributed by atoms with Crippen molar-refractivity contribution >= 4 is 5.97 Å². The first-order valence-electron chi connectivity index (χ1n) is 6.73. The number of rotatable bonds is 8. The van der Waals surface area contributed by atoms with E-state index >= 15 is 0 Å². The van der Waals surface area contributed by atoms with E-state index in [0.717, 1.165) is 18.4 Å². The van der Waals surface area contributed by atoms with Crippen LogP contribution in [0, 0.1) is 0 Å². The number of hydrogen-bond donors (Lipinski definition) is 1. The van der Waals surface area contributed by atoms with Crippen molar-refractivity contribution in [2.45, 2.75) is 38.1 Å². The lowest BCUT2D eigenvalue weighted by atomic mass is 9.88. The lowest BCUT2D eigenvalue weighted by Crippen LogP contribution is -2.50. The number of hydrogen-bond acceptors (Lipinski definition) is 3.